The topological polar surface area (TPSA) is 55.9 Å². The molecule has 18 heavy (non-hydrogen) atoms. The highest BCUT2D eigenvalue weighted by Crippen LogP contribution is 2.30. The molecule has 2 rings (SSSR count). The maximum Gasteiger partial charge on any atom is 0.152 e. The smallest absolute Gasteiger partial charge is 0.152 e. The van der Waals surface area contributed by atoms with Gasteiger partial charge in [-0.25, -0.2) is 4.39 Å². The van der Waals surface area contributed by atoms with Crippen LogP contribution in [0.25, 0.3) is 0 Å². The quantitative estimate of drug-likeness (QED) is 0.877. The van der Waals surface area contributed by atoms with Crippen molar-refractivity contribution in [3.05, 3.63) is 35.8 Å². The summed E-state index contributed by atoms with van der Waals surface area (Å²) in [6.07, 6.45) is 0. The fourth-order valence-electron chi connectivity index (χ4n) is 1.83. The molecule has 0 saturated carbocycles. The van der Waals surface area contributed by atoms with Gasteiger partial charge in [0.05, 0.1) is 17.1 Å². The van der Waals surface area contributed by atoms with Crippen molar-refractivity contribution in [1.29, 1.82) is 0 Å². The minimum absolute atomic E-state index is 0.229. The fourth-order valence-corrected chi connectivity index (χ4v) is 1.83. The molecule has 0 spiro atoms. The number of nitrogens with two attached hydrogens (primary N) is 1. The lowest BCUT2D eigenvalue weighted by atomic mass is 10.1. The highest BCUT2D eigenvalue weighted by atomic mass is 19.1. The van der Waals surface area contributed by atoms with Crippen LogP contribution in [0.2, 0.25) is 0 Å². The molecule has 96 valence electrons. The lowest BCUT2D eigenvalue weighted by Crippen LogP contribution is -2.02. The molecule has 0 bridgehead atoms. The SMILES string of the molecule is CC(C)c1nn(C)c(Nc2ccccc2F)c1N. The Morgan fingerprint density at radius 3 is 2.56 bits per heavy atom. The molecular formula is C13H17FN4. The fraction of sp³-hybridized carbons (Fsp3) is 0.308. The number of anilines is 3. The Bertz CT molecular complexity index is 560. The van der Waals surface area contributed by atoms with Gasteiger partial charge in [0.2, 0.25) is 0 Å². The van der Waals surface area contributed by atoms with E-state index in [1.54, 1.807) is 29.9 Å². The van der Waals surface area contributed by atoms with Crippen molar-refractivity contribution < 1.29 is 4.39 Å². The van der Waals surface area contributed by atoms with Gasteiger partial charge in [-0.05, 0) is 18.1 Å². The Balaban J connectivity index is 2.38. The summed E-state index contributed by atoms with van der Waals surface area (Å²) in [7, 11) is 1.78. The van der Waals surface area contributed by atoms with E-state index in [2.05, 4.69) is 10.4 Å². The molecule has 1 heterocycles. The molecule has 0 aliphatic heterocycles. The van der Waals surface area contributed by atoms with Crippen molar-refractivity contribution in [2.75, 3.05) is 11.1 Å². The van der Waals surface area contributed by atoms with Gasteiger partial charge in [0.15, 0.2) is 5.82 Å². The number of aromatic nitrogens is 2. The number of aryl methyl sites for hydroxylation is 1. The first-order valence-corrected chi connectivity index (χ1v) is 5.84. The minimum atomic E-state index is -0.316. The van der Waals surface area contributed by atoms with Crippen LogP contribution < -0.4 is 11.1 Å². The van der Waals surface area contributed by atoms with Gasteiger partial charge in [-0.3, -0.25) is 4.68 Å². The Morgan fingerprint density at radius 1 is 1.33 bits per heavy atom. The van der Waals surface area contributed by atoms with Crippen LogP contribution in [0, 0.1) is 5.82 Å². The van der Waals surface area contributed by atoms with Gasteiger partial charge in [-0.2, -0.15) is 5.10 Å². The molecule has 3 N–H and O–H groups in total. The monoisotopic (exact) mass is 248 g/mol. The van der Waals surface area contributed by atoms with Crippen LogP contribution in [0.3, 0.4) is 0 Å². The predicted octanol–water partition coefficient (Wildman–Crippen LogP) is 3.01. The molecule has 4 nitrogen and oxygen atoms in total. The van der Waals surface area contributed by atoms with E-state index >= 15 is 0 Å². The van der Waals surface area contributed by atoms with Crippen LogP contribution in [0.4, 0.5) is 21.6 Å². The Kier molecular flexibility index (Phi) is 3.23. The van der Waals surface area contributed by atoms with Crippen LogP contribution in [-0.4, -0.2) is 9.78 Å². The molecule has 2 aromatic rings. The number of rotatable bonds is 3. The summed E-state index contributed by atoms with van der Waals surface area (Å²) >= 11 is 0. The lowest BCUT2D eigenvalue weighted by molar-refractivity contribution is 0.631. The summed E-state index contributed by atoms with van der Waals surface area (Å²) < 4.78 is 15.2. The summed E-state index contributed by atoms with van der Waals surface area (Å²) in [5, 5.41) is 7.33. The normalized spacial score (nSPS) is 10.9. The first-order chi connectivity index (χ1) is 8.50. The number of nitrogens with one attached hydrogen (secondary N) is 1. The van der Waals surface area contributed by atoms with E-state index < -0.39 is 0 Å². The minimum Gasteiger partial charge on any atom is -0.394 e. The van der Waals surface area contributed by atoms with Crippen LogP contribution in [0.15, 0.2) is 24.3 Å². The van der Waals surface area contributed by atoms with Crippen molar-refractivity contribution in [2.24, 2.45) is 7.05 Å². The summed E-state index contributed by atoms with van der Waals surface area (Å²) in [6.45, 7) is 4.04. The lowest BCUT2D eigenvalue weighted by Gasteiger charge is -2.08. The Morgan fingerprint density at radius 2 is 2.00 bits per heavy atom. The molecular weight excluding hydrogens is 231 g/mol. The molecule has 0 saturated heterocycles. The van der Waals surface area contributed by atoms with Gasteiger partial charge >= 0.3 is 0 Å². The Labute approximate surface area is 106 Å². The highest BCUT2D eigenvalue weighted by Gasteiger charge is 2.16. The van der Waals surface area contributed by atoms with Crippen molar-refractivity contribution in [1.82, 2.24) is 9.78 Å². The van der Waals surface area contributed by atoms with E-state index in [-0.39, 0.29) is 11.7 Å². The van der Waals surface area contributed by atoms with E-state index in [0.29, 0.717) is 17.2 Å². The van der Waals surface area contributed by atoms with Crippen molar-refractivity contribution >= 4 is 17.2 Å². The van der Waals surface area contributed by atoms with Gasteiger partial charge in [0, 0.05) is 7.05 Å². The van der Waals surface area contributed by atoms with E-state index in [9.17, 15) is 4.39 Å². The maximum atomic E-state index is 13.6. The molecule has 1 aromatic heterocycles. The van der Waals surface area contributed by atoms with E-state index in [1.165, 1.54) is 6.07 Å². The van der Waals surface area contributed by atoms with Crippen LogP contribution in [0.5, 0.6) is 0 Å². The largest absolute Gasteiger partial charge is 0.394 e. The number of para-hydroxylation sites is 1. The molecule has 0 aliphatic rings. The predicted molar refractivity (Wildman–Crippen MR) is 71.4 cm³/mol. The molecule has 1 aromatic carbocycles. The first kappa shape index (κ1) is 12.4. The number of nitrogen functional groups attached to an aromatic ring is 1. The van der Waals surface area contributed by atoms with E-state index in [1.807, 2.05) is 13.8 Å². The standard InChI is InChI=1S/C13H17FN4/c1-8(2)12-11(15)13(18(3)17-12)16-10-7-5-4-6-9(10)14/h4-8,16H,15H2,1-3H3. The molecule has 0 amide bonds. The number of hydrogen-bond donors (Lipinski definition) is 2. The van der Waals surface area contributed by atoms with Crippen LogP contribution in [-0.2, 0) is 7.05 Å². The van der Waals surface area contributed by atoms with E-state index in [4.69, 9.17) is 5.73 Å². The van der Waals surface area contributed by atoms with Gasteiger partial charge in [-0.1, -0.05) is 26.0 Å². The molecule has 0 radical (unpaired) electrons. The van der Waals surface area contributed by atoms with Gasteiger partial charge in [0.25, 0.3) is 0 Å². The first-order valence-electron chi connectivity index (χ1n) is 5.84. The van der Waals surface area contributed by atoms with Crippen molar-refractivity contribution in [2.45, 2.75) is 19.8 Å². The molecule has 0 unspecified atom stereocenters. The van der Waals surface area contributed by atoms with Gasteiger partial charge in [0.1, 0.15) is 5.82 Å². The molecule has 5 heteroatoms. The van der Waals surface area contributed by atoms with Gasteiger partial charge in [-0.15, -0.1) is 0 Å². The van der Waals surface area contributed by atoms with Gasteiger partial charge < -0.3 is 11.1 Å². The van der Waals surface area contributed by atoms with Crippen molar-refractivity contribution in [3.63, 3.8) is 0 Å². The average molecular weight is 248 g/mol. The summed E-state index contributed by atoms with van der Waals surface area (Å²) in [4.78, 5) is 0. The van der Waals surface area contributed by atoms with Crippen LogP contribution >= 0.6 is 0 Å². The zero-order chi connectivity index (χ0) is 13.3. The highest BCUT2D eigenvalue weighted by molar-refractivity contribution is 5.71. The second kappa shape index (κ2) is 4.68. The summed E-state index contributed by atoms with van der Waals surface area (Å²) in [5.74, 6) is 0.528. The third-order valence-electron chi connectivity index (χ3n) is 2.79. The summed E-state index contributed by atoms with van der Waals surface area (Å²) in [6, 6.07) is 6.48. The molecule has 0 atom stereocenters. The number of halogens is 1. The second-order valence-corrected chi connectivity index (χ2v) is 4.53. The average Bonchev–Trinajstić information content (AvgIpc) is 2.60. The molecule has 0 fully saturated rings. The number of hydrogen-bond acceptors (Lipinski definition) is 3. The zero-order valence-electron chi connectivity index (χ0n) is 10.7. The zero-order valence-corrected chi connectivity index (χ0v) is 10.7. The third kappa shape index (κ3) is 2.16. The maximum absolute atomic E-state index is 13.6. The summed E-state index contributed by atoms with van der Waals surface area (Å²) in [5.41, 5.74) is 7.81. The second-order valence-electron chi connectivity index (χ2n) is 4.53. The number of benzene rings is 1. The van der Waals surface area contributed by atoms with Crippen molar-refractivity contribution in [3.8, 4) is 0 Å². The third-order valence-corrected chi connectivity index (χ3v) is 2.79. The van der Waals surface area contributed by atoms with Crippen LogP contribution in [0.1, 0.15) is 25.5 Å². The molecule has 0 aliphatic carbocycles. The van der Waals surface area contributed by atoms with E-state index in [0.717, 1.165) is 5.69 Å². The Hall–Kier alpha value is -2.04. The number of nitrogens with zero attached hydrogens (tertiary/aromatic N) is 2.